The van der Waals surface area contributed by atoms with Crippen LogP contribution in [0.25, 0.3) is 0 Å². The molecule has 0 fully saturated rings. The Balaban J connectivity index is 2.33. The van der Waals surface area contributed by atoms with E-state index in [1.54, 1.807) is 14.2 Å². The summed E-state index contributed by atoms with van der Waals surface area (Å²) in [5.74, 6) is 1.55. The number of aliphatic hydroxyl groups is 1. The summed E-state index contributed by atoms with van der Waals surface area (Å²) in [5.41, 5.74) is 6.40. The Bertz CT molecular complexity index is 882. The minimum atomic E-state index is -1.16. The summed E-state index contributed by atoms with van der Waals surface area (Å²) in [5, 5.41) is 12.2. The maximum Gasteiger partial charge on any atom is 0.129 e. The van der Waals surface area contributed by atoms with E-state index in [0.717, 1.165) is 52.2 Å². The van der Waals surface area contributed by atoms with Crippen LogP contribution in [0.2, 0.25) is 0 Å². The van der Waals surface area contributed by atoms with Gasteiger partial charge in [-0.3, -0.25) is 0 Å². The molecule has 28 heavy (non-hydrogen) atoms. The van der Waals surface area contributed by atoms with Crippen LogP contribution in [0.15, 0.2) is 18.2 Å². The molecule has 0 radical (unpaired) electrons. The van der Waals surface area contributed by atoms with Crippen molar-refractivity contribution >= 4 is 0 Å². The van der Waals surface area contributed by atoms with Gasteiger partial charge in [-0.15, -0.1) is 0 Å². The van der Waals surface area contributed by atoms with Crippen LogP contribution >= 0.6 is 0 Å². The molecule has 1 aliphatic rings. The first-order chi connectivity index (χ1) is 13.3. The first kappa shape index (κ1) is 20.7. The van der Waals surface area contributed by atoms with Gasteiger partial charge in [0, 0.05) is 11.1 Å². The number of methoxy groups -OCH3 is 2. The van der Waals surface area contributed by atoms with Gasteiger partial charge in [0.05, 0.1) is 14.2 Å². The molecule has 1 atom stereocenters. The van der Waals surface area contributed by atoms with Gasteiger partial charge in [-0.25, -0.2) is 0 Å². The van der Waals surface area contributed by atoms with Crippen molar-refractivity contribution in [2.75, 3.05) is 14.2 Å². The molecule has 0 aliphatic heterocycles. The van der Waals surface area contributed by atoms with Gasteiger partial charge >= 0.3 is 0 Å². The first-order valence-corrected chi connectivity index (χ1v) is 10.3. The van der Waals surface area contributed by atoms with Crippen molar-refractivity contribution in [1.82, 2.24) is 0 Å². The summed E-state index contributed by atoms with van der Waals surface area (Å²) >= 11 is 0. The van der Waals surface area contributed by atoms with E-state index in [1.807, 2.05) is 20.8 Å². The van der Waals surface area contributed by atoms with E-state index >= 15 is 0 Å². The van der Waals surface area contributed by atoms with Crippen molar-refractivity contribution in [3.8, 4) is 11.5 Å². The molecule has 3 heteroatoms. The van der Waals surface area contributed by atoms with Crippen molar-refractivity contribution in [2.45, 2.75) is 65.9 Å². The Morgan fingerprint density at radius 1 is 0.857 bits per heavy atom. The van der Waals surface area contributed by atoms with E-state index < -0.39 is 5.60 Å². The predicted molar refractivity (Wildman–Crippen MR) is 115 cm³/mol. The molecule has 0 heterocycles. The molecule has 152 valence electrons. The number of fused-ring (bicyclic) bond motifs is 1. The second-order valence-corrected chi connectivity index (χ2v) is 8.43. The summed E-state index contributed by atoms with van der Waals surface area (Å²) in [6.45, 7) is 10.2. The largest absolute Gasteiger partial charge is 0.496 e. The van der Waals surface area contributed by atoms with Crippen LogP contribution in [0.4, 0.5) is 0 Å². The van der Waals surface area contributed by atoms with Crippen LogP contribution in [0, 0.1) is 26.7 Å². The summed E-state index contributed by atoms with van der Waals surface area (Å²) in [7, 11) is 3.38. The molecule has 2 aromatic carbocycles. The van der Waals surface area contributed by atoms with Crippen LogP contribution in [0.5, 0.6) is 11.5 Å². The maximum absolute atomic E-state index is 12.2. The third kappa shape index (κ3) is 3.10. The van der Waals surface area contributed by atoms with Crippen molar-refractivity contribution < 1.29 is 14.6 Å². The highest BCUT2D eigenvalue weighted by Gasteiger charge is 2.41. The van der Waals surface area contributed by atoms with Crippen molar-refractivity contribution in [1.29, 1.82) is 0 Å². The number of benzene rings is 2. The lowest BCUT2D eigenvalue weighted by Gasteiger charge is -2.37. The van der Waals surface area contributed by atoms with E-state index in [9.17, 15) is 5.11 Å². The maximum atomic E-state index is 12.2. The van der Waals surface area contributed by atoms with Crippen molar-refractivity contribution in [3.63, 3.8) is 0 Å². The second kappa shape index (κ2) is 7.79. The zero-order chi connectivity index (χ0) is 20.6. The monoisotopic (exact) mass is 382 g/mol. The molecule has 2 aromatic rings. The molecular formula is C25H34O3. The average molecular weight is 383 g/mol. The normalized spacial score (nSPS) is 15.9. The molecule has 0 saturated heterocycles. The van der Waals surface area contributed by atoms with Gasteiger partial charge in [0.25, 0.3) is 0 Å². The van der Waals surface area contributed by atoms with E-state index in [0.29, 0.717) is 0 Å². The fraction of sp³-hybridized carbons (Fsp3) is 0.520. The highest BCUT2D eigenvalue weighted by atomic mass is 16.5. The first-order valence-electron chi connectivity index (χ1n) is 10.3. The average Bonchev–Trinajstić information content (AvgIpc) is 2.69. The summed E-state index contributed by atoms with van der Waals surface area (Å²) < 4.78 is 11.6. The topological polar surface area (TPSA) is 38.7 Å². The van der Waals surface area contributed by atoms with Gasteiger partial charge in [0.2, 0.25) is 0 Å². The molecule has 0 spiro atoms. The molecule has 1 unspecified atom stereocenters. The van der Waals surface area contributed by atoms with E-state index in [2.05, 4.69) is 32.0 Å². The smallest absolute Gasteiger partial charge is 0.129 e. The third-order valence-corrected chi connectivity index (χ3v) is 6.60. The van der Waals surface area contributed by atoms with Crippen LogP contribution < -0.4 is 9.47 Å². The second-order valence-electron chi connectivity index (χ2n) is 8.43. The Kier molecular flexibility index (Phi) is 5.77. The lowest BCUT2D eigenvalue weighted by Crippen LogP contribution is -2.35. The molecule has 1 aliphatic carbocycles. The fourth-order valence-electron chi connectivity index (χ4n) is 4.85. The predicted octanol–water partition coefficient (Wildman–Crippen LogP) is 5.40. The van der Waals surface area contributed by atoms with Gasteiger partial charge in [-0.05, 0) is 80.2 Å². The molecule has 0 amide bonds. The van der Waals surface area contributed by atoms with Crippen molar-refractivity contribution in [3.05, 3.63) is 57.1 Å². The van der Waals surface area contributed by atoms with Crippen LogP contribution in [-0.2, 0) is 18.4 Å². The van der Waals surface area contributed by atoms with Crippen LogP contribution in [0.1, 0.15) is 65.6 Å². The van der Waals surface area contributed by atoms with E-state index in [-0.39, 0.29) is 5.92 Å². The minimum Gasteiger partial charge on any atom is -0.496 e. The fourth-order valence-corrected chi connectivity index (χ4v) is 4.85. The Labute approximate surface area is 169 Å². The zero-order valence-corrected chi connectivity index (χ0v) is 18.4. The number of aryl methyl sites for hydroxylation is 2. The number of hydrogen-bond donors (Lipinski definition) is 1. The van der Waals surface area contributed by atoms with Gasteiger partial charge in [0.1, 0.15) is 17.1 Å². The molecule has 0 bridgehead atoms. The molecule has 1 N–H and O–H groups in total. The molecule has 0 aromatic heterocycles. The summed E-state index contributed by atoms with van der Waals surface area (Å²) in [6, 6.07) is 6.52. The zero-order valence-electron chi connectivity index (χ0n) is 18.4. The highest BCUT2D eigenvalue weighted by molar-refractivity contribution is 5.62. The van der Waals surface area contributed by atoms with E-state index in [1.165, 1.54) is 24.0 Å². The Morgan fingerprint density at radius 2 is 1.43 bits per heavy atom. The number of hydrogen-bond acceptors (Lipinski definition) is 3. The third-order valence-electron chi connectivity index (χ3n) is 6.60. The lowest BCUT2D eigenvalue weighted by atomic mass is 9.73. The highest BCUT2D eigenvalue weighted by Crippen LogP contribution is 2.48. The quantitative estimate of drug-likeness (QED) is 0.752. The van der Waals surface area contributed by atoms with Crippen molar-refractivity contribution in [2.24, 2.45) is 5.92 Å². The SMILES string of the molecule is COc1c(C)c(C)c(OC)c(C(O)(c2ccc3c(c2)CCCC3)C(C)C)c1C. The molecule has 3 rings (SSSR count). The Morgan fingerprint density at radius 3 is 2.00 bits per heavy atom. The minimum absolute atomic E-state index is 0.0337. The van der Waals surface area contributed by atoms with Crippen LogP contribution in [-0.4, -0.2) is 19.3 Å². The molecule has 0 saturated carbocycles. The summed E-state index contributed by atoms with van der Waals surface area (Å²) in [4.78, 5) is 0. The molecular weight excluding hydrogens is 348 g/mol. The van der Waals surface area contributed by atoms with Gasteiger partial charge in [-0.1, -0.05) is 32.0 Å². The van der Waals surface area contributed by atoms with Gasteiger partial charge in [-0.2, -0.15) is 0 Å². The number of rotatable bonds is 5. The van der Waals surface area contributed by atoms with Crippen LogP contribution in [0.3, 0.4) is 0 Å². The molecule has 3 nitrogen and oxygen atoms in total. The lowest BCUT2D eigenvalue weighted by molar-refractivity contribution is 0.0284. The van der Waals surface area contributed by atoms with Gasteiger partial charge < -0.3 is 14.6 Å². The van der Waals surface area contributed by atoms with Gasteiger partial charge in [0.15, 0.2) is 0 Å². The Hall–Kier alpha value is -2.00. The summed E-state index contributed by atoms with van der Waals surface area (Å²) in [6.07, 6.45) is 4.69. The van der Waals surface area contributed by atoms with E-state index in [4.69, 9.17) is 9.47 Å². The standard InChI is InChI=1S/C25H34O3/c1-15(2)25(26,21-13-12-19-10-8-9-11-20(19)14-21)22-18(5)23(27-6)16(3)17(4)24(22)28-7/h12-15,26H,8-11H2,1-7H3. The number of ether oxygens (including phenoxy) is 2.